The fraction of sp³-hybridized carbons (Fsp3) is 0.214. The van der Waals surface area contributed by atoms with Crippen molar-refractivity contribution < 1.29 is 0 Å². The highest BCUT2D eigenvalue weighted by molar-refractivity contribution is 7.07. The molecule has 2 nitrogen and oxygen atoms in total. The molecule has 0 saturated heterocycles. The lowest BCUT2D eigenvalue weighted by molar-refractivity contribution is 0.852. The molecule has 0 unspecified atom stereocenters. The van der Waals surface area contributed by atoms with Gasteiger partial charge in [0.15, 0.2) is 4.80 Å². The van der Waals surface area contributed by atoms with Gasteiger partial charge in [0, 0.05) is 25.0 Å². The Morgan fingerprint density at radius 2 is 2.12 bits per heavy atom. The summed E-state index contributed by atoms with van der Waals surface area (Å²) in [5.41, 5.74) is 5.39. The number of nitrogens with zero attached hydrogens (tertiary/aromatic N) is 2. The van der Waals surface area contributed by atoms with Gasteiger partial charge in [-0.05, 0) is 17.5 Å². The van der Waals surface area contributed by atoms with Gasteiger partial charge in [-0.1, -0.05) is 30.3 Å². The van der Waals surface area contributed by atoms with Crippen molar-refractivity contribution in [3.05, 3.63) is 57.3 Å². The van der Waals surface area contributed by atoms with Crippen molar-refractivity contribution in [2.45, 2.75) is 6.42 Å². The van der Waals surface area contributed by atoms with Gasteiger partial charge in [0.1, 0.15) is 0 Å². The van der Waals surface area contributed by atoms with Gasteiger partial charge >= 0.3 is 0 Å². The molecule has 0 amide bonds. The SMILES string of the molecule is CN=c1scc(C2=CCc3ccccc32)n1C. The topological polar surface area (TPSA) is 17.3 Å². The molecule has 0 N–H and O–H groups in total. The maximum atomic E-state index is 4.27. The molecule has 0 spiro atoms. The first-order valence-electron chi connectivity index (χ1n) is 5.67. The van der Waals surface area contributed by atoms with Crippen molar-refractivity contribution in [3.8, 4) is 0 Å². The smallest absolute Gasteiger partial charge is 0.184 e. The van der Waals surface area contributed by atoms with Crippen LogP contribution in [0.25, 0.3) is 5.57 Å². The van der Waals surface area contributed by atoms with E-state index in [1.807, 2.05) is 7.05 Å². The Hall–Kier alpha value is -1.61. The van der Waals surface area contributed by atoms with Crippen LogP contribution in [0.5, 0.6) is 0 Å². The molecule has 1 aliphatic rings. The minimum atomic E-state index is 1.04. The lowest BCUT2D eigenvalue weighted by atomic mass is 10.0. The Labute approximate surface area is 105 Å². The summed E-state index contributed by atoms with van der Waals surface area (Å²) in [5.74, 6) is 0. The molecule has 0 radical (unpaired) electrons. The molecule has 1 aromatic heterocycles. The molecule has 0 atom stereocenters. The number of allylic oxidation sites excluding steroid dienone is 1. The second-order valence-electron chi connectivity index (χ2n) is 4.17. The first-order chi connectivity index (χ1) is 8.31. The summed E-state index contributed by atoms with van der Waals surface area (Å²) >= 11 is 1.69. The maximum Gasteiger partial charge on any atom is 0.184 e. The zero-order chi connectivity index (χ0) is 11.8. The number of fused-ring (bicyclic) bond motifs is 1. The van der Waals surface area contributed by atoms with E-state index in [-0.39, 0.29) is 0 Å². The first kappa shape index (κ1) is 10.5. The van der Waals surface area contributed by atoms with E-state index in [4.69, 9.17) is 0 Å². The predicted molar refractivity (Wildman–Crippen MR) is 72.0 cm³/mol. The molecular weight excluding hydrogens is 228 g/mol. The largest absolute Gasteiger partial charge is 0.320 e. The summed E-state index contributed by atoms with van der Waals surface area (Å²) < 4.78 is 2.17. The second kappa shape index (κ2) is 4.00. The lowest BCUT2D eigenvalue weighted by Crippen LogP contribution is -2.12. The number of hydrogen-bond acceptors (Lipinski definition) is 2. The highest BCUT2D eigenvalue weighted by atomic mass is 32.1. The molecule has 3 heteroatoms. The number of thiazole rings is 1. The Morgan fingerprint density at radius 1 is 1.29 bits per heavy atom. The summed E-state index contributed by atoms with van der Waals surface area (Å²) in [7, 11) is 3.92. The third kappa shape index (κ3) is 1.58. The van der Waals surface area contributed by atoms with Crippen molar-refractivity contribution in [3.63, 3.8) is 0 Å². The van der Waals surface area contributed by atoms with E-state index in [0.29, 0.717) is 0 Å². The van der Waals surface area contributed by atoms with Crippen LogP contribution in [0, 0.1) is 0 Å². The molecule has 0 bridgehead atoms. The van der Waals surface area contributed by atoms with Crippen LogP contribution in [0.3, 0.4) is 0 Å². The summed E-state index contributed by atoms with van der Waals surface area (Å²) in [4.78, 5) is 5.33. The standard InChI is InChI=1S/C14H14N2S/c1-15-14-16(2)13(9-17-14)12-8-7-10-5-3-4-6-11(10)12/h3-6,8-9H,7H2,1-2H3. The molecule has 0 aliphatic heterocycles. The van der Waals surface area contributed by atoms with Crippen LogP contribution in [-0.4, -0.2) is 11.6 Å². The third-order valence-corrected chi connectivity index (χ3v) is 4.23. The van der Waals surface area contributed by atoms with Gasteiger partial charge in [-0.15, -0.1) is 11.3 Å². The number of benzene rings is 1. The minimum absolute atomic E-state index is 1.04. The third-order valence-electron chi connectivity index (χ3n) is 3.23. The second-order valence-corrected chi connectivity index (χ2v) is 5.00. The lowest BCUT2D eigenvalue weighted by Gasteiger charge is -2.06. The van der Waals surface area contributed by atoms with Gasteiger partial charge in [0.2, 0.25) is 0 Å². The van der Waals surface area contributed by atoms with Crippen molar-refractivity contribution in [1.29, 1.82) is 0 Å². The Kier molecular flexibility index (Phi) is 2.48. The average molecular weight is 242 g/mol. The zero-order valence-corrected chi connectivity index (χ0v) is 10.8. The molecule has 86 valence electrons. The Bertz CT molecular complexity index is 659. The number of hydrogen-bond donors (Lipinski definition) is 0. The average Bonchev–Trinajstić information content (AvgIpc) is 2.92. The zero-order valence-electron chi connectivity index (χ0n) is 9.97. The first-order valence-corrected chi connectivity index (χ1v) is 6.55. The van der Waals surface area contributed by atoms with Crippen LogP contribution in [-0.2, 0) is 13.5 Å². The van der Waals surface area contributed by atoms with Crippen LogP contribution in [0.15, 0.2) is 40.7 Å². The minimum Gasteiger partial charge on any atom is -0.320 e. The summed E-state index contributed by atoms with van der Waals surface area (Å²) in [5, 5.41) is 2.19. The van der Waals surface area contributed by atoms with Crippen LogP contribution in [0.1, 0.15) is 16.8 Å². The van der Waals surface area contributed by atoms with Gasteiger partial charge < -0.3 is 4.57 Å². The van der Waals surface area contributed by atoms with Gasteiger partial charge in [-0.2, -0.15) is 0 Å². The molecule has 17 heavy (non-hydrogen) atoms. The Balaban J connectivity index is 2.16. The predicted octanol–water partition coefficient (Wildman–Crippen LogP) is 2.60. The van der Waals surface area contributed by atoms with Crippen molar-refractivity contribution in [1.82, 2.24) is 4.57 Å². The van der Waals surface area contributed by atoms with E-state index in [1.54, 1.807) is 11.3 Å². The Morgan fingerprint density at radius 3 is 2.88 bits per heavy atom. The normalized spacial score (nSPS) is 14.9. The van der Waals surface area contributed by atoms with Crippen molar-refractivity contribution in [2.24, 2.45) is 12.0 Å². The summed E-state index contributed by atoms with van der Waals surface area (Å²) in [6.45, 7) is 0. The highest BCUT2D eigenvalue weighted by Gasteiger charge is 2.17. The van der Waals surface area contributed by atoms with E-state index in [2.05, 4.69) is 52.3 Å². The van der Waals surface area contributed by atoms with E-state index in [9.17, 15) is 0 Å². The molecule has 2 aromatic rings. The van der Waals surface area contributed by atoms with E-state index in [1.165, 1.54) is 22.4 Å². The number of aromatic nitrogens is 1. The molecule has 1 heterocycles. The van der Waals surface area contributed by atoms with E-state index < -0.39 is 0 Å². The van der Waals surface area contributed by atoms with Gasteiger partial charge in [0.25, 0.3) is 0 Å². The van der Waals surface area contributed by atoms with E-state index in [0.717, 1.165) is 11.2 Å². The van der Waals surface area contributed by atoms with Gasteiger partial charge in [-0.25, -0.2) is 0 Å². The fourth-order valence-electron chi connectivity index (χ4n) is 2.34. The molecule has 1 aliphatic carbocycles. The van der Waals surface area contributed by atoms with Crippen LogP contribution in [0.4, 0.5) is 0 Å². The van der Waals surface area contributed by atoms with Gasteiger partial charge in [-0.3, -0.25) is 4.99 Å². The summed E-state index contributed by atoms with van der Waals surface area (Å²) in [6.07, 6.45) is 3.35. The molecule has 0 saturated carbocycles. The fourth-order valence-corrected chi connectivity index (χ4v) is 3.21. The molecular formula is C14H14N2S. The highest BCUT2D eigenvalue weighted by Crippen LogP contribution is 2.32. The van der Waals surface area contributed by atoms with Crippen molar-refractivity contribution in [2.75, 3.05) is 7.05 Å². The van der Waals surface area contributed by atoms with Crippen LogP contribution < -0.4 is 4.80 Å². The van der Waals surface area contributed by atoms with Gasteiger partial charge in [0.05, 0.1) is 5.69 Å². The van der Waals surface area contributed by atoms with E-state index >= 15 is 0 Å². The monoisotopic (exact) mass is 242 g/mol. The van der Waals surface area contributed by atoms with Crippen LogP contribution >= 0.6 is 11.3 Å². The molecule has 1 aromatic carbocycles. The molecule has 0 fully saturated rings. The van der Waals surface area contributed by atoms with Crippen molar-refractivity contribution >= 4 is 16.9 Å². The summed E-state index contributed by atoms with van der Waals surface area (Å²) in [6, 6.07) is 8.62. The maximum absolute atomic E-state index is 4.27. The van der Waals surface area contributed by atoms with Crippen LogP contribution in [0.2, 0.25) is 0 Å². The quantitative estimate of drug-likeness (QED) is 0.731. The molecule has 3 rings (SSSR count). The number of rotatable bonds is 1.